The van der Waals surface area contributed by atoms with Gasteiger partial charge >= 0.3 is 0 Å². The number of ketones is 1. The Morgan fingerprint density at radius 1 is 1.22 bits per heavy atom. The minimum Gasteiger partial charge on any atom is -0.489 e. The number of halogens is 2. The number of allylic oxidation sites excluding steroid dienone is 1. The van der Waals surface area contributed by atoms with E-state index in [1.54, 1.807) is 47.5 Å². The lowest BCUT2D eigenvalue weighted by Crippen LogP contribution is -2.03. The Kier molecular flexibility index (Phi) is 5.77. The lowest BCUT2D eigenvalue weighted by atomic mass is 10.1. The van der Waals surface area contributed by atoms with Crippen LogP contribution >= 0.6 is 11.6 Å². The van der Waals surface area contributed by atoms with Crippen LogP contribution in [-0.4, -0.2) is 24.8 Å². The highest BCUT2D eigenvalue weighted by molar-refractivity contribution is 6.31. The highest BCUT2D eigenvalue weighted by Crippen LogP contribution is 2.21. The van der Waals surface area contributed by atoms with Crippen molar-refractivity contribution in [2.75, 3.05) is 14.1 Å². The van der Waals surface area contributed by atoms with Crippen molar-refractivity contribution in [2.24, 2.45) is 0 Å². The Morgan fingerprint density at radius 3 is 2.52 bits per heavy atom. The van der Waals surface area contributed by atoms with Crippen LogP contribution in [0.2, 0.25) is 5.02 Å². The number of hydrogen-bond acceptors (Lipinski definition) is 3. The number of hydrogen-bond donors (Lipinski definition) is 0. The van der Waals surface area contributed by atoms with E-state index in [0.29, 0.717) is 21.9 Å². The van der Waals surface area contributed by atoms with E-state index in [1.165, 1.54) is 12.1 Å². The second-order valence-corrected chi connectivity index (χ2v) is 5.56. The van der Waals surface area contributed by atoms with Crippen LogP contribution in [0.5, 0.6) is 5.75 Å². The zero-order valence-electron chi connectivity index (χ0n) is 12.9. The molecule has 0 saturated carbocycles. The van der Waals surface area contributed by atoms with Crippen LogP contribution in [0.1, 0.15) is 15.9 Å². The second kappa shape index (κ2) is 7.79. The van der Waals surface area contributed by atoms with E-state index in [1.807, 2.05) is 14.1 Å². The zero-order chi connectivity index (χ0) is 16.8. The molecule has 0 spiro atoms. The Bertz CT molecular complexity index is 691. The summed E-state index contributed by atoms with van der Waals surface area (Å²) in [4.78, 5) is 13.7. The lowest BCUT2D eigenvalue weighted by Gasteiger charge is -2.09. The van der Waals surface area contributed by atoms with Crippen LogP contribution in [0.4, 0.5) is 4.39 Å². The fourth-order valence-electron chi connectivity index (χ4n) is 1.85. The number of carbonyl (C=O) groups is 1. The molecule has 0 bridgehead atoms. The van der Waals surface area contributed by atoms with Gasteiger partial charge in [0.2, 0.25) is 0 Å². The first-order valence-electron chi connectivity index (χ1n) is 7.02. The van der Waals surface area contributed by atoms with Crippen molar-refractivity contribution in [2.45, 2.75) is 6.61 Å². The first-order chi connectivity index (χ1) is 11.0. The summed E-state index contributed by atoms with van der Waals surface area (Å²) >= 11 is 5.95. The fourth-order valence-corrected chi connectivity index (χ4v) is 2.07. The van der Waals surface area contributed by atoms with Crippen LogP contribution in [-0.2, 0) is 6.61 Å². The minimum atomic E-state index is -0.405. The molecule has 23 heavy (non-hydrogen) atoms. The highest BCUT2D eigenvalue weighted by atomic mass is 35.5. The zero-order valence-corrected chi connectivity index (χ0v) is 13.7. The van der Waals surface area contributed by atoms with Gasteiger partial charge in [-0.3, -0.25) is 4.79 Å². The Labute approximate surface area is 139 Å². The molecule has 0 amide bonds. The largest absolute Gasteiger partial charge is 0.489 e. The molecule has 0 saturated heterocycles. The van der Waals surface area contributed by atoms with Crippen molar-refractivity contribution in [1.82, 2.24) is 4.90 Å². The predicted octanol–water partition coefficient (Wildman–Crippen LogP) is 4.32. The molecule has 2 aromatic carbocycles. The summed E-state index contributed by atoms with van der Waals surface area (Å²) in [5.41, 5.74) is 0.864. The average Bonchev–Trinajstić information content (AvgIpc) is 2.52. The summed E-state index contributed by atoms with van der Waals surface area (Å²) in [5, 5.41) is 0.325. The Hall–Kier alpha value is -2.33. The van der Waals surface area contributed by atoms with Gasteiger partial charge in [0.05, 0.1) is 5.02 Å². The van der Waals surface area contributed by atoms with Crippen molar-refractivity contribution in [1.29, 1.82) is 0 Å². The van der Waals surface area contributed by atoms with Gasteiger partial charge in [0.1, 0.15) is 18.2 Å². The maximum atomic E-state index is 13.7. The monoisotopic (exact) mass is 333 g/mol. The number of nitrogens with zero attached hydrogens (tertiary/aromatic N) is 1. The SMILES string of the molecule is CN(C)/C=C/C(=O)c1ccc(OCc2c(F)cccc2Cl)cc1. The maximum Gasteiger partial charge on any atom is 0.187 e. The molecular weight excluding hydrogens is 317 g/mol. The van der Waals surface area contributed by atoms with E-state index in [-0.39, 0.29) is 12.4 Å². The normalized spacial score (nSPS) is 10.8. The molecule has 3 nitrogen and oxygen atoms in total. The fraction of sp³-hybridized carbons (Fsp3) is 0.167. The number of carbonyl (C=O) groups excluding carboxylic acids is 1. The van der Waals surface area contributed by atoms with Gasteiger partial charge in [-0.2, -0.15) is 0 Å². The molecule has 0 aliphatic carbocycles. The third-order valence-corrected chi connectivity index (χ3v) is 3.46. The molecule has 0 N–H and O–H groups in total. The quantitative estimate of drug-likeness (QED) is 0.582. The van der Waals surface area contributed by atoms with Crippen molar-refractivity contribution in [3.63, 3.8) is 0 Å². The summed E-state index contributed by atoms with van der Waals surface area (Å²) in [6, 6.07) is 11.2. The smallest absolute Gasteiger partial charge is 0.187 e. The molecule has 0 aromatic heterocycles. The Morgan fingerprint density at radius 2 is 1.91 bits per heavy atom. The van der Waals surface area contributed by atoms with Crippen LogP contribution in [0, 0.1) is 5.82 Å². The second-order valence-electron chi connectivity index (χ2n) is 5.16. The van der Waals surface area contributed by atoms with Gasteiger partial charge in [-0.1, -0.05) is 17.7 Å². The van der Waals surface area contributed by atoms with Crippen LogP contribution < -0.4 is 4.74 Å². The van der Waals surface area contributed by atoms with Gasteiger partial charge in [0, 0.05) is 37.5 Å². The molecular formula is C18H17ClFNO2. The first kappa shape index (κ1) is 17.0. The van der Waals surface area contributed by atoms with Crippen LogP contribution in [0.3, 0.4) is 0 Å². The van der Waals surface area contributed by atoms with Gasteiger partial charge in [-0.05, 0) is 36.4 Å². The topological polar surface area (TPSA) is 29.5 Å². The van der Waals surface area contributed by atoms with Crippen LogP contribution in [0.15, 0.2) is 54.7 Å². The predicted molar refractivity (Wildman–Crippen MR) is 89.3 cm³/mol. The van der Waals surface area contributed by atoms with Gasteiger partial charge in [0.25, 0.3) is 0 Å². The van der Waals surface area contributed by atoms with E-state index in [9.17, 15) is 9.18 Å². The molecule has 0 unspecified atom stereocenters. The maximum absolute atomic E-state index is 13.7. The molecule has 0 heterocycles. The molecule has 0 fully saturated rings. The van der Waals surface area contributed by atoms with Crippen molar-refractivity contribution in [3.05, 3.63) is 76.7 Å². The Balaban J connectivity index is 2.02. The summed E-state index contributed by atoms with van der Waals surface area (Å²) < 4.78 is 19.2. The molecule has 5 heteroatoms. The molecule has 2 rings (SSSR count). The number of benzene rings is 2. The summed E-state index contributed by atoms with van der Waals surface area (Å²) in [7, 11) is 3.68. The van der Waals surface area contributed by atoms with E-state index in [0.717, 1.165) is 0 Å². The van der Waals surface area contributed by atoms with E-state index < -0.39 is 5.82 Å². The summed E-state index contributed by atoms with van der Waals surface area (Å²) in [5.74, 6) is 0.0398. The molecule has 0 atom stereocenters. The summed E-state index contributed by atoms with van der Waals surface area (Å²) in [6.45, 7) is 0.0271. The average molecular weight is 334 g/mol. The van der Waals surface area contributed by atoms with Crippen molar-refractivity contribution in [3.8, 4) is 5.75 Å². The summed E-state index contributed by atoms with van der Waals surface area (Å²) in [6.07, 6.45) is 3.18. The van der Waals surface area contributed by atoms with Crippen LogP contribution in [0.25, 0.3) is 0 Å². The number of ether oxygens (including phenoxy) is 1. The van der Waals surface area contributed by atoms with E-state index >= 15 is 0 Å². The van der Waals surface area contributed by atoms with Gasteiger partial charge in [0.15, 0.2) is 5.78 Å². The third-order valence-electron chi connectivity index (χ3n) is 3.11. The highest BCUT2D eigenvalue weighted by Gasteiger charge is 2.08. The molecule has 0 aliphatic rings. The van der Waals surface area contributed by atoms with E-state index in [2.05, 4.69) is 0 Å². The van der Waals surface area contributed by atoms with Crippen molar-refractivity contribution < 1.29 is 13.9 Å². The molecule has 120 valence electrons. The van der Waals surface area contributed by atoms with Gasteiger partial charge < -0.3 is 9.64 Å². The van der Waals surface area contributed by atoms with Crippen molar-refractivity contribution >= 4 is 17.4 Å². The first-order valence-corrected chi connectivity index (χ1v) is 7.40. The number of rotatable bonds is 6. The lowest BCUT2D eigenvalue weighted by molar-refractivity contribution is 0.104. The van der Waals surface area contributed by atoms with E-state index in [4.69, 9.17) is 16.3 Å². The standard InChI is InChI=1S/C18H17ClFNO2/c1-21(2)11-10-18(22)13-6-8-14(9-7-13)23-12-15-16(19)4-3-5-17(15)20/h3-11H,12H2,1-2H3/b11-10+. The molecule has 0 aliphatic heterocycles. The minimum absolute atomic E-state index is 0.0271. The molecule has 0 radical (unpaired) electrons. The third kappa shape index (κ3) is 4.83. The molecule has 2 aromatic rings. The van der Waals surface area contributed by atoms with Gasteiger partial charge in [-0.15, -0.1) is 0 Å². The van der Waals surface area contributed by atoms with Gasteiger partial charge in [-0.25, -0.2) is 4.39 Å².